The Hall–Kier alpha value is -5.27. The highest BCUT2D eigenvalue weighted by atomic mass is 16.2. The lowest BCUT2D eigenvalue weighted by molar-refractivity contribution is -0.145. The number of rotatable bonds is 15. The van der Waals surface area contributed by atoms with E-state index in [-0.39, 0.29) is 29.6 Å². The van der Waals surface area contributed by atoms with E-state index >= 15 is 0 Å². The summed E-state index contributed by atoms with van der Waals surface area (Å²) in [6.07, 6.45) is 1.37. The van der Waals surface area contributed by atoms with Gasteiger partial charge >= 0.3 is 6.03 Å². The van der Waals surface area contributed by atoms with E-state index in [0.29, 0.717) is 30.6 Å². The van der Waals surface area contributed by atoms with Crippen molar-refractivity contribution in [1.29, 1.82) is 0 Å². The van der Waals surface area contributed by atoms with Gasteiger partial charge in [0.05, 0.1) is 12.6 Å². The molecule has 4 rings (SSSR count). The molecule has 2 unspecified atom stereocenters. The lowest BCUT2D eigenvalue weighted by Crippen LogP contribution is -2.61. The maximum Gasteiger partial charge on any atom is 0.319 e. The molecule has 2 fully saturated rings. The van der Waals surface area contributed by atoms with Gasteiger partial charge in [0, 0.05) is 26.3 Å². The summed E-state index contributed by atoms with van der Waals surface area (Å²) in [5, 5.41) is 13.3. The molecule has 2 aliphatic rings. The number of hydrogen-bond donors (Lipinski definition) is 5. The topological polar surface area (TPSA) is 186 Å². The predicted octanol–water partition coefficient (Wildman–Crippen LogP) is 3.01. The molecule has 0 bridgehead atoms. The van der Waals surface area contributed by atoms with Crippen LogP contribution in [0.4, 0.5) is 10.5 Å². The van der Waals surface area contributed by atoms with Gasteiger partial charge in [-0.2, -0.15) is 0 Å². The first-order chi connectivity index (χ1) is 25.4. The molecule has 1 heterocycles. The normalized spacial score (nSPS) is 19.9. The molecule has 292 valence electrons. The Bertz CT molecular complexity index is 1710. The first kappa shape index (κ1) is 41.5. The number of amides is 7. The van der Waals surface area contributed by atoms with Crippen molar-refractivity contribution in [3.63, 3.8) is 0 Å². The van der Waals surface area contributed by atoms with Crippen LogP contribution in [0.3, 0.4) is 0 Å². The Balaban J connectivity index is 1.46. The van der Waals surface area contributed by atoms with Crippen molar-refractivity contribution < 1.29 is 33.6 Å². The van der Waals surface area contributed by atoms with Gasteiger partial charge in [-0.25, -0.2) is 4.79 Å². The SMILES string of the molecule is CCCCC(NC(=O)[C@@H]1C2[C@H](CN1C(=O)[C@@H](NC(=O)Nc1ccccc1)C(C)(C)C)C2(C)C)C(=O)C(=O)NCC(=O)N[C@H](C(=O)N(C)C)c1ccccc1. The maximum atomic E-state index is 14.3. The lowest BCUT2D eigenvalue weighted by Gasteiger charge is -2.38. The van der Waals surface area contributed by atoms with Crippen LogP contribution in [-0.4, -0.2) is 96.5 Å². The molecule has 54 heavy (non-hydrogen) atoms. The number of likely N-dealkylation sites (tertiary alicyclic amines) is 1. The number of ketones is 1. The highest BCUT2D eigenvalue weighted by Crippen LogP contribution is 2.65. The second-order valence-electron chi connectivity index (χ2n) is 16.0. The fraction of sp³-hybridized carbons (Fsp3) is 0.525. The van der Waals surface area contributed by atoms with Crippen LogP contribution >= 0.6 is 0 Å². The van der Waals surface area contributed by atoms with Crippen molar-refractivity contribution >= 4 is 47.0 Å². The van der Waals surface area contributed by atoms with Crippen LogP contribution < -0.4 is 26.6 Å². The number of hydrogen-bond acceptors (Lipinski definition) is 7. The van der Waals surface area contributed by atoms with Gasteiger partial charge in [-0.3, -0.25) is 28.8 Å². The first-order valence-electron chi connectivity index (χ1n) is 18.5. The largest absolute Gasteiger partial charge is 0.347 e. The van der Waals surface area contributed by atoms with E-state index < -0.39 is 71.6 Å². The van der Waals surface area contributed by atoms with Gasteiger partial charge in [-0.1, -0.05) is 103 Å². The fourth-order valence-electron chi connectivity index (χ4n) is 7.19. The zero-order chi connectivity index (χ0) is 40.0. The minimum absolute atomic E-state index is 0.0293. The minimum atomic E-state index is -1.21. The van der Waals surface area contributed by atoms with Crippen LogP contribution in [0, 0.1) is 22.7 Å². The zero-order valence-corrected chi connectivity index (χ0v) is 32.5. The van der Waals surface area contributed by atoms with E-state index in [0.717, 1.165) is 0 Å². The second kappa shape index (κ2) is 17.3. The van der Waals surface area contributed by atoms with E-state index in [9.17, 15) is 33.6 Å². The van der Waals surface area contributed by atoms with Gasteiger partial charge < -0.3 is 36.4 Å². The summed E-state index contributed by atoms with van der Waals surface area (Å²) < 4.78 is 0. The number of piperidine rings is 1. The van der Waals surface area contributed by atoms with Crippen LogP contribution in [-0.2, 0) is 28.8 Å². The number of nitrogens with zero attached hydrogens (tertiary/aromatic N) is 2. The molecule has 7 amide bonds. The zero-order valence-electron chi connectivity index (χ0n) is 32.5. The number of para-hydroxylation sites is 1. The smallest absolute Gasteiger partial charge is 0.319 e. The number of urea groups is 1. The molecule has 5 N–H and O–H groups in total. The Morgan fingerprint density at radius 1 is 0.889 bits per heavy atom. The summed E-state index contributed by atoms with van der Waals surface area (Å²) in [6.45, 7) is 11.2. The summed E-state index contributed by atoms with van der Waals surface area (Å²) >= 11 is 0. The van der Waals surface area contributed by atoms with Crippen LogP contribution in [0.25, 0.3) is 0 Å². The van der Waals surface area contributed by atoms with E-state index in [1.165, 1.54) is 9.80 Å². The second-order valence-corrected chi connectivity index (χ2v) is 16.0. The van der Waals surface area contributed by atoms with E-state index in [1.54, 1.807) is 68.7 Å². The predicted molar refractivity (Wildman–Crippen MR) is 204 cm³/mol. The van der Waals surface area contributed by atoms with Gasteiger partial charge in [-0.05, 0) is 46.8 Å². The maximum absolute atomic E-state index is 14.3. The van der Waals surface area contributed by atoms with Crippen LogP contribution in [0.1, 0.15) is 72.4 Å². The molecule has 6 atom stereocenters. The Morgan fingerprint density at radius 3 is 2.07 bits per heavy atom. The van der Waals surface area contributed by atoms with Gasteiger partial charge in [0.2, 0.25) is 29.4 Å². The van der Waals surface area contributed by atoms with E-state index in [2.05, 4.69) is 26.6 Å². The van der Waals surface area contributed by atoms with Crippen molar-refractivity contribution in [2.75, 3.05) is 32.5 Å². The number of nitrogens with one attached hydrogen (secondary N) is 5. The fourth-order valence-corrected chi connectivity index (χ4v) is 7.19. The average molecular weight is 746 g/mol. The molecular weight excluding hydrogens is 690 g/mol. The lowest BCUT2D eigenvalue weighted by atomic mass is 9.85. The monoisotopic (exact) mass is 745 g/mol. The van der Waals surface area contributed by atoms with Crippen molar-refractivity contribution in [3.05, 3.63) is 66.2 Å². The van der Waals surface area contributed by atoms with Crippen molar-refractivity contribution in [2.45, 2.75) is 85.0 Å². The number of likely N-dealkylation sites (N-methyl/N-ethyl adjacent to an activating group) is 1. The Labute approximate surface area is 317 Å². The number of Topliss-reactive ketones (excluding diaryl/α,β-unsaturated/α-hetero) is 1. The molecule has 1 saturated carbocycles. The summed E-state index contributed by atoms with van der Waals surface area (Å²) in [7, 11) is 3.12. The van der Waals surface area contributed by atoms with Gasteiger partial charge in [0.25, 0.3) is 5.91 Å². The van der Waals surface area contributed by atoms with Gasteiger partial charge in [0.1, 0.15) is 18.1 Å². The number of unbranched alkanes of at least 4 members (excludes halogenated alkanes) is 1. The van der Waals surface area contributed by atoms with Gasteiger partial charge in [0.15, 0.2) is 0 Å². The summed E-state index contributed by atoms with van der Waals surface area (Å²) in [4.78, 5) is 96.8. The molecule has 1 saturated heterocycles. The van der Waals surface area contributed by atoms with E-state index in [1.807, 2.05) is 47.6 Å². The molecule has 1 aliphatic heterocycles. The highest BCUT2D eigenvalue weighted by Gasteiger charge is 2.70. The number of fused-ring (bicyclic) bond motifs is 1. The van der Waals surface area contributed by atoms with Crippen LogP contribution in [0.5, 0.6) is 0 Å². The third kappa shape index (κ3) is 9.83. The molecule has 2 aromatic carbocycles. The quantitative estimate of drug-likeness (QED) is 0.174. The summed E-state index contributed by atoms with van der Waals surface area (Å²) in [5.41, 5.74) is 0.141. The molecule has 14 nitrogen and oxygen atoms in total. The third-order valence-electron chi connectivity index (χ3n) is 10.4. The Morgan fingerprint density at radius 2 is 1.50 bits per heavy atom. The molecule has 2 aromatic rings. The Kier molecular flexibility index (Phi) is 13.3. The summed E-state index contributed by atoms with van der Waals surface area (Å²) in [6, 6.07) is 12.8. The number of carbonyl (C=O) groups excluding carboxylic acids is 7. The highest BCUT2D eigenvalue weighted by molar-refractivity contribution is 6.38. The van der Waals surface area contributed by atoms with Crippen LogP contribution in [0.2, 0.25) is 0 Å². The first-order valence-corrected chi connectivity index (χ1v) is 18.5. The molecular formula is C40H55N7O7. The van der Waals surface area contributed by atoms with Crippen molar-refractivity contribution in [1.82, 2.24) is 31.1 Å². The number of anilines is 1. The van der Waals surface area contributed by atoms with Crippen LogP contribution in [0.15, 0.2) is 60.7 Å². The molecule has 1 aliphatic carbocycles. The number of carbonyl (C=O) groups is 7. The van der Waals surface area contributed by atoms with E-state index in [4.69, 9.17) is 0 Å². The molecule has 0 radical (unpaired) electrons. The van der Waals surface area contributed by atoms with Gasteiger partial charge in [-0.15, -0.1) is 0 Å². The molecule has 0 aromatic heterocycles. The summed E-state index contributed by atoms with van der Waals surface area (Å²) in [5.74, 6) is -4.19. The average Bonchev–Trinajstić information content (AvgIpc) is 3.43. The number of benzene rings is 2. The molecule has 14 heteroatoms. The van der Waals surface area contributed by atoms with Crippen molar-refractivity contribution in [3.8, 4) is 0 Å². The standard InChI is InChI=1S/C40H55N7O7/c1-9-10-21-27(32(49)35(51)41-22-28(48)44-30(36(52)46(7)8)24-17-13-11-14-18-24)43-34(50)31-29-26(40(29,5)6)23-47(31)37(53)33(39(2,3)4)45-38(54)42-25-19-15-12-16-20-25/h11-20,26-27,29-31,33H,9-10,21-23H2,1-8H3,(H,41,51)(H,43,50)(H,44,48)(H2,42,45,54)/t26-,27?,29?,30-,31-,33+/m0/s1. The van der Waals surface area contributed by atoms with Crippen molar-refractivity contribution in [2.24, 2.45) is 22.7 Å². The minimum Gasteiger partial charge on any atom is -0.347 e. The third-order valence-corrected chi connectivity index (χ3v) is 10.4. The molecule has 0 spiro atoms.